The van der Waals surface area contributed by atoms with E-state index in [1.165, 1.54) is 34.7 Å². The Morgan fingerprint density at radius 2 is 1.66 bits per heavy atom. The van der Waals surface area contributed by atoms with Gasteiger partial charge in [-0.05, 0) is 42.2 Å². The fourth-order valence-corrected chi connectivity index (χ4v) is 3.32. The van der Waals surface area contributed by atoms with Gasteiger partial charge in [-0.25, -0.2) is 9.18 Å². The molecule has 1 unspecified atom stereocenters. The van der Waals surface area contributed by atoms with E-state index in [-0.39, 0.29) is 12.5 Å². The smallest absolute Gasteiger partial charge is 0.325 e. The van der Waals surface area contributed by atoms with E-state index in [4.69, 9.17) is 0 Å². The van der Waals surface area contributed by atoms with Crippen LogP contribution in [0.25, 0.3) is 0 Å². The number of carbonyl (C=O) groups excluding carboxylic acids is 3. The average Bonchev–Trinajstić information content (AvgIpc) is 2.92. The lowest BCUT2D eigenvalue weighted by atomic mass is 9.92. The summed E-state index contributed by atoms with van der Waals surface area (Å²) in [6.45, 7) is 3.64. The highest BCUT2D eigenvalue weighted by Crippen LogP contribution is 2.29. The first-order chi connectivity index (χ1) is 13.7. The van der Waals surface area contributed by atoms with Crippen molar-refractivity contribution >= 4 is 17.8 Å². The van der Waals surface area contributed by atoms with Crippen LogP contribution in [-0.2, 0) is 28.1 Å². The monoisotopic (exact) mass is 397 g/mol. The molecule has 1 heterocycles. The summed E-state index contributed by atoms with van der Waals surface area (Å²) in [5.74, 6) is -1.32. The predicted molar refractivity (Wildman–Crippen MR) is 106 cm³/mol. The normalized spacial score (nSPS) is 18.7. The lowest BCUT2D eigenvalue weighted by Gasteiger charge is -2.23. The maximum atomic E-state index is 13.2. The zero-order valence-electron chi connectivity index (χ0n) is 16.7. The molecule has 1 aliphatic rings. The Morgan fingerprint density at radius 1 is 1.07 bits per heavy atom. The lowest BCUT2D eigenvalue weighted by Crippen LogP contribution is -2.43. The highest BCUT2D eigenvalue weighted by atomic mass is 19.1. The second kappa shape index (κ2) is 8.03. The SMILES string of the molecule is CCc1ccc(CN(C)C(=O)CN2C(=O)NC(C)(c3ccc(F)cc3)C2=O)cc1. The molecule has 0 saturated carbocycles. The van der Waals surface area contributed by atoms with Crippen LogP contribution in [0.4, 0.5) is 9.18 Å². The van der Waals surface area contributed by atoms with Crippen LogP contribution >= 0.6 is 0 Å². The van der Waals surface area contributed by atoms with Crippen LogP contribution in [0.3, 0.4) is 0 Å². The molecule has 2 aromatic carbocycles. The zero-order chi connectivity index (χ0) is 21.2. The molecule has 3 rings (SSSR count). The summed E-state index contributed by atoms with van der Waals surface area (Å²) in [6, 6.07) is 12.7. The second-order valence-corrected chi connectivity index (χ2v) is 7.37. The minimum Gasteiger partial charge on any atom is -0.340 e. The van der Waals surface area contributed by atoms with Crippen molar-refractivity contribution in [3.05, 3.63) is 71.0 Å². The minimum absolute atomic E-state index is 0.351. The van der Waals surface area contributed by atoms with E-state index in [1.54, 1.807) is 14.0 Å². The number of imide groups is 1. The predicted octanol–water partition coefficient (Wildman–Crippen LogP) is 2.81. The first kappa shape index (κ1) is 20.5. The highest BCUT2D eigenvalue weighted by molar-refractivity contribution is 6.09. The Hall–Kier alpha value is -3.22. The zero-order valence-corrected chi connectivity index (χ0v) is 16.7. The molecule has 29 heavy (non-hydrogen) atoms. The maximum Gasteiger partial charge on any atom is 0.325 e. The number of carbonyl (C=O) groups is 3. The molecular weight excluding hydrogens is 373 g/mol. The molecule has 1 fully saturated rings. The number of nitrogens with one attached hydrogen (secondary N) is 1. The van der Waals surface area contributed by atoms with Crippen LogP contribution in [-0.4, -0.2) is 41.2 Å². The summed E-state index contributed by atoms with van der Waals surface area (Å²) < 4.78 is 13.2. The number of rotatable bonds is 6. The van der Waals surface area contributed by atoms with Gasteiger partial charge in [0, 0.05) is 13.6 Å². The van der Waals surface area contributed by atoms with Gasteiger partial charge in [0.05, 0.1) is 0 Å². The first-order valence-electron chi connectivity index (χ1n) is 9.46. The fraction of sp³-hybridized carbons (Fsp3) is 0.318. The number of benzene rings is 2. The third-order valence-electron chi connectivity index (χ3n) is 5.27. The van der Waals surface area contributed by atoms with Crippen molar-refractivity contribution in [2.24, 2.45) is 0 Å². The third kappa shape index (κ3) is 4.13. The summed E-state index contributed by atoms with van der Waals surface area (Å²) in [5, 5.41) is 2.62. The molecule has 0 bridgehead atoms. The molecule has 0 aromatic heterocycles. The van der Waals surface area contributed by atoms with Crippen LogP contribution in [0.5, 0.6) is 0 Å². The van der Waals surface area contributed by atoms with E-state index >= 15 is 0 Å². The summed E-state index contributed by atoms with van der Waals surface area (Å²) >= 11 is 0. The molecule has 1 N–H and O–H groups in total. The van der Waals surface area contributed by atoms with Crippen molar-refractivity contribution in [3.63, 3.8) is 0 Å². The molecule has 1 saturated heterocycles. The van der Waals surface area contributed by atoms with Gasteiger partial charge >= 0.3 is 6.03 Å². The highest BCUT2D eigenvalue weighted by Gasteiger charge is 2.49. The number of hydrogen-bond acceptors (Lipinski definition) is 3. The molecule has 1 atom stereocenters. The van der Waals surface area contributed by atoms with Gasteiger partial charge in [-0.1, -0.05) is 43.3 Å². The van der Waals surface area contributed by atoms with E-state index in [2.05, 4.69) is 12.2 Å². The van der Waals surface area contributed by atoms with Gasteiger partial charge in [0.2, 0.25) is 5.91 Å². The number of halogens is 1. The number of aryl methyl sites for hydroxylation is 1. The van der Waals surface area contributed by atoms with Crippen LogP contribution in [0.1, 0.15) is 30.5 Å². The molecule has 0 aliphatic carbocycles. The van der Waals surface area contributed by atoms with E-state index in [0.717, 1.165) is 16.9 Å². The summed E-state index contributed by atoms with van der Waals surface area (Å²) in [7, 11) is 1.63. The lowest BCUT2D eigenvalue weighted by molar-refractivity contribution is -0.138. The Bertz CT molecular complexity index is 927. The van der Waals surface area contributed by atoms with Gasteiger partial charge in [-0.15, -0.1) is 0 Å². The van der Waals surface area contributed by atoms with Crippen molar-refractivity contribution in [3.8, 4) is 0 Å². The van der Waals surface area contributed by atoms with Gasteiger partial charge in [0.25, 0.3) is 5.91 Å². The topological polar surface area (TPSA) is 69.7 Å². The molecular formula is C22H24FN3O3. The van der Waals surface area contributed by atoms with E-state index < -0.39 is 23.3 Å². The van der Waals surface area contributed by atoms with Crippen molar-refractivity contribution < 1.29 is 18.8 Å². The van der Waals surface area contributed by atoms with Crippen molar-refractivity contribution in [2.45, 2.75) is 32.4 Å². The van der Waals surface area contributed by atoms with E-state index in [9.17, 15) is 18.8 Å². The van der Waals surface area contributed by atoms with Crippen LogP contribution in [0.2, 0.25) is 0 Å². The van der Waals surface area contributed by atoms with Gasteiger partial charge in [0.15, 0.2) is 0 Å². The minimum atomic E-state index is -1.33. The Kier molecular flexibility index (Phi) is 5.68. The van der Waals surface area contributed by atoms with Gasteiger partial charge in [0.1, 0.15) is 17.9 Å². The summed E-state index contributed by atoms with van der Waals surface area (Å²) in [4.78, 5) is 40.3. The molecule has 152 valence electrons. The second-order valence-electron chi connectivity index (χ2n) is 7.37. The van der Waals surface area contributed by atoms with Crippen LogP contribution < -0.4 is 5.32 Å². The molecule has 6 nitrogen and oxygen atoms in total. The van der Waals surface area contributed by atoms with E-state index in [0.29, 0.717) is 12.1 Å². The number of likely N-dealkylation sites (N-methyl/N-ethyl adjacent to an activating group) is 1. The molecule has 7 heteroatoms. The first-order valence-corrected chi connectivity index (χ1v) is 9.46. The molecule has 0 radical (unpaired) electrons. The quantitative estimate of drug-likeness (QED) is 0.762. The van der Waals surface area contributed by atoms with Crippen molar-refractivity contribution in [1.29, 1.82) is 0 Å². The Morgan fingerprint density at radius 3 is 2.24 bits per heavy atom. The molecule has 4 amide bonds. The molecule has 2 aromatic rings. The van der Waals surface area contributed by atoms with Gasteiger partial charge < -0.3 is 10.2 Å². The van der Waals surface area contributed by atoms with Crippen molar-refractivity contribution in [1.82, 2.24) is 15.1 Å². The largest absolute Gasteiger partial charge is 0.340 e. The van der Waals surface area contributed by atoms with Crippen molar-refractivity contribution in [2.75, 3.05) is 13.6 Å². The van der Waals surface area contributed by atoms with Gasteiger partial charge in [-0.3, -0.25) is 14.5 Å². The van der Waals surface area contributed by atoms with E-state index in [1.807, 2.05) is 24.3 Å². The standard InChI is InChI=1S/C22H24FN3O3/c1-4-15-5-7-16(8-6-15)13-25(3)19(27)14-26-20(28)22(2,24-21(26)29)17-9-11-18(23)12-10-17/h5-12H,4,13-14H2,1-3H3,(H,24,29). The number of hydrogen-bond donors (Lipinski definition) is 1. The molecule has 1 aliphatic heterocycles. The van der Waals surface area contributed by atoms with Crippen LogP contribution in [0.15, 0.2) is 48.5 Å². The average molecular weight is 397 g/mol. The Labute approximate surface area is 169 Å². The number of urea groups is 1. The summed E-state index contributed by atoms with van der Waals surface area (Å²) in [6.07, 6.45) is 0.939. The Balaban J connectivity index is 1.68. The maximum absolute atomic E-state index is 13.2. The molecule has 0 spiro atoms. The van der Waals surface area contributed by atoms with Crippen LogP contribution in [0, 0.1) is 5.82 Å². The summed E-state index contributed by atoms with van der Waals surface area (Å²) in [5.41, 5.74) is 1.30. The third-order valence-corrected chi connectivity index (χ3v) is 5.27. The number of amides is 4. The fourth-order valence-electron chi connectivity index (χ4n) is 3.32. The van der Waals surface area contributed by atoms with Gasteiger partial charge in [-0.2, -0.15) is 0 Å². The number of nitrogens with zero attached hydrogens (tertiary/aromatic N) is 2.